The lowest BCUT2D eigenvalue weighted by atomic mass is 9.99. The van der Waals surface area contributed by atoms with Gasteiger partial charge in [0.1, 0.15) is 11.9 Å². The Balaban J connectivity index is 1.92. The summed E-state index contributed by atoms with van der Waals surface area (Å²) in [4.78, 5) is 28.0. The summed E-state index contributed by atoms with van der Waals surface area (Å²) in [6, 6.07) is 5.16. The zero-order chi connectivity index (χ0) is 19.1. The fourth-order valence-electron chi connectivity index (χ4n) is 2.21. The van der Waals surface area contributed by atoms with Crippen LogP contribution in [0.1, 0.15) is 20.3 Å². The molecule has 8 heteroatoms. The summed E-state index contributed by atoms with van der Waals surface area (Å²) >= 11 is 1.11. The molecule has 0 fully saturated rings. The fraction of sp³-hybridized carbons (Fsp3) is 0.389. The zero-order valence-corrected chi connectivity index (χ0v) is 15.6. The number of halogens is 1. The van der Waals surface area contributed by atoms with Crippen molar-refractivity contribution in [2.24, 2.45) is 5.92 Å². The van der Waals surface area contributed by atoms with Gasteiger partial charge in [-0.3, -0.25) is 4.79 Å². The van der Waals surface area contributed by atoms with Crippen molar-refractivity contribution in [1.29, 1.82) is 0 Å². The van der Waals surface area contributed by atoms with Crippen LogP contribution in [0, 0.1) is 11.7 Å². The first-order valence-corrected chi connectivity index (χ1v) is 9.15. The smallest absolute Gasteiger partial charge is 0.328 e. The molecule has 26 heavy (non-hydrogen) atoms. The van der Waals surface area contributed by atoms with E-state index in [-0.39, 0.29) is 23.4 Å². The first-order valence-electron chi connectivity index (χ1n) is 8.16. The number of aromatic nitrogens is 1. The van der Waals surface area contributed by atoms with Crippen molar-refractivity contribution >= 4 is 23.6 Å². The van der Waals surface area contributed by atoms with Crippen molar-refractivity contribution in [1.82, 2.24) is 10.3 Å². The summed E-state index contributed by atoms with van der Waals surface area (Å²) in [6.45, 7) is 3.81. The van der Waals surface area contributed by atoms with Gasteiger partial charge in [-0.15, -0.1) is 0 Å². The maximum Gasteiger partial charge on any atom is 0.328 e. The van der Waals surface area contributed by atoms with E-state index in [1.54, 1.807) is 12.1 Å². The Morgan fingerprint density at radius 3 is 2.65 bits per heavy atom. The topological polar surface area (TPSA) is 81.4 Å². The Hall–Kier alpha value is -2.35. The van der Waals surface area contributed by atoms with E-state index in [4.69, 9.17) is 9.15 Å². The summed E-state index contributed by atoms with van der Waals surface area (Å²) in [5.41, 5.74) is 0.692. The average Bonchev–Trinajstić information content (AvgIpc) is 3.12. The molecule has 0 aliphatic rings. The number of nitrogens with zero attached hydrogens (tertiary/aromatic N) is 1. The number of oxazole rings is 1. The third-order valence-corrected chi connectivity index (χ3v) is 4.77. The maximum atomic E-state index is 13.0. The second-order valence-electron chi connectivity index (χ2n) is 5.74. The number of amides is 1. The molecule has 0 aliphatic carbocycles. The van der Waals surface area contributed by atoms with E-state index >= 15 is 0 Å². The number of carbonyl (C=O) groups is 2. The normalized spacial score (nSPS) is 13.1. The molecule has 0 saturated carbocycles. The molecule has 1 aromatic carbocycles. The Labute approximate surface area is 155 Å². The molecule has 2 aromatic rings. The molecule has 0 aliphatic heterocycles. The van der Waals surface area contributed by atoms with E-state index in [1.807, 2.05) is 13.8 Å². The highest BCUT2D eigenvalue weighted by atomic mass is 32.2. The Morgan fingerprint density at radius 2 is 2.04 bits per heavy atom. The number of methoxy groups -OCH3 is 1. The van der Waals surface area contributed by atoms with E-state index in [2.05, 4.69) is 10.3 Å². The van der Waals surface area contributed by atoms with Crippen LogP contribution in [0.2, 0.25) is 0 Å². The highest BCUT2D eigenvalue weighted by Crippen LogP contribution is 2.25. The SMILES string of the molecule is CCC(C)C(NC(=O)CSc1ncc(-c2ccc(F)cc2)o1)C(=O)OC. The van der Waals surface area contributed by atoms with Gasteiger partial charge in [0.05, 0.1) is 19.1 Å². The minimum Gasteiger partial charge on any atom is -0.467 e. The van der Waals surface area contributed by atoms with E-state index in [9.17, 15) is 14.0 Å². The van der Waals surface area contributed by atoms with Crippen LogP contribution in [-0.2, 0) is 14.3 Å². The molecule has 0 spiro atoms. The van der Waals surface area contributed by atoms with Gasteiger partial charge in [0.25, 0.3) is 5.22 Å². The van der Waals surface area contributed by atoms with Crippen LogP contribution in [0.5, 0.6) is 0 Å². The average molecular weight is 380 g/mol. The summed E-state index contributed by atoms with van der Waals surface area (Å²) in [7, 11) is 1.29. The van der Waals surface area contributed by atoms with Crippen LogP contribution in [0.25, 0.3) is 11.3 Å². The molecule has 0 bridgehead atoms. The van der Waals surface area contributed by atoms with E-state index < -0.39 is 12.0 Å². The molecule has 1 amide bonds. The second kappa shape index (κ2) is 9.38. The van der Waals surface area contributed by atoms with Gasteiger partial charge in [-0.2, -0.15) is 0 Å². The maximum absolute atomic E-state index is 13.0. The molecular weight excluding hydrogens is 359 g/mol. The first kappa shape index (κ1) is 20.0. The van der Waals surface area contributed by atoms with E-state index in [0.717, 1.165) is 18.2 Å². The second-order valence-corrected chi connectivity index (χ2v) is 6.67. The number of nitrogens with one attached hydrogen (secondary N) is 1. The predicted molar refractivity (Wildman–Crippen MR) is 96.0 cm³/mol. The van der Waals surface area contributed by atoms with Crippen LogP contribution in [-0.4, -0.2) is 35.8 Å². The van der Waals surface area contributed by atoms with Gasteiger partial charge < -0.3 is 14.5 Å². The Kier molecular flexibility index (Phi) is 7.20. The van der Waals surface area contributed by atoms with Crippen molar-refractivity contribution < 1.29 is 23.1 Å². The largest absolute Gasteiger partial charge is 0.467 e. The lowest BCUT2D eigenvalue weighted by molar-refractivity contribution is -0.146. The number of esters is 1. The first-order chi connectivity index (χ1) is 12.4. The molecule has 2 unspecified atom stereocenters. The number of thioether (sulfide) groups is 1. The lowest BCUT2D eigenvalue weighted by Gasteiger charge is -2.21. The molecule has 2 atom stereocenters. The van der Waals surface area contributed by atoms with Crippen molar-refractivity contribution in [3.8, 4) is 11.3 Å². The zero-order valence-electron chi connectivity index (χ0n) is 14.8. The molecule has 0 radical (unpaired) electrons. The summed E-state index contributed by atoms with van der Waals surface area (Å²) in [5.74, 6) is -0.614. The molecule has 6 nitrogen and oxygen atoms in total. The van der Waals surface area contributed by atoms with Crippen LogP contribution in [0.3, 0.4) is 0 Å². The highest BCUT2D eigenvalue weighted by Gasteiger charge is 2.26. The quantitative estimate of drug-likeness (QED) is 0.559. The lowest BCUT2D eigenvalue weighted by Crippen LogP contribution is -2.46. The predicted octanol–water partition coefficient (Wildman–Crippen LogP) is 3.28. The van der Waals surface area contributed by atoms with E-state index in [0.29, 0.717) is 16.5 Å². The fourth-order valence-corrected chi connectivity index (χ4v) is 2.82. The number of hydrogen-bond donors (Lipinski definition) is 1. The third kappa shape index (κ3) is 5.32. The van der Waals surface area contributed by atoms with Gasteiger partial charge in [0.15, 0.2) is 5.76 Å². The Morgan fingerprint density at radius 1 is 1.35 bits per heavy atom. The molecule has 2 rings (SSSR count). The number of ether oxygens (including phenoxy) is 1. The summed E-state index contributed by atoms with van der Waals surface area (Å²) < 4.78 is 23.3. The van der Waals surface area contributed by atoms with Crippen molar-refractivity contribution in [2.75, 3.05) is 12.9 Å². The molecule has 1 aromatic heterocycles. The highest BCUT2D eigenvalue weighted by molar-refractivity contribution is 7.99. The molecule has 0 saturated heterocycles. The van der Waals surface area contributed by atoms with Crippen molar-refractivity contribution in [3.63, 3.8) is 0 Å². The van der Waals surface area contributed by atoms with Gasteiger partial charge in [-0.1, -0.05) is 32.0 Å². The van der Waals surface area contributed by atoms with Crippen molar-refractivity contribution in [2.45, 2.75) is 31.5 Å². The minimum atomic E-state index is -0.683. The number of carbonyl (C=O) groups excluding carboxylic acids is 2. The van der Waals surface area contributed by atoms with Crippen LogP contribution in [0.15, 0.2) is 40.1 Å². The molecule has 140 valence electrons. The summed E-state index contributed by atoms with van der Waals surface area (Å²) in [5, 5.41) is 3.01. The number of rotatable bonds is 8. The van der Waals surface area contributed by atoms with Gasteiger partial charge in [0.2, 0.25) is 5.91 Å². The number of benzene rings is 1. The van der Waals surface area contributed by atoms with E-state index in [1.165, 1.54) is 25.4 Å². The molecule has 1 heterocycles. The summed E-state index contributed by atoms with van der Waals surface area (Å²) in [6.07, 6.45) is 2.25. The van der Waals surface area contributed by atoms with Gasteiger partial charge in [0, 0.05) is 5.56 Å². The van der Waals surface area contributed by atoms with Crippen LogP contribution < -0.4 is 5.32 Å². The minimum absolute atomic E-state index is 0.0387. The van der Waals surface area contributed by atoms with Crippen molar-refractivity contribution in [3.05, 3.63) is 36.3 Å². The monoisotopic (exact) mass is 380 g/mol. The molecule has 1 N–H and O–H groups in total. The third-order valence-electron chi connectivity index (χ3n) is 3.92. The van der Waals surface area contributed by atoms with Gasteiger partial charge >= 0.3 is 5.97 Å². The Bertz CT molecular complexity index is 748. The van der Waals surface area contributed by atoms with Crippen LogP contribution >= 0.6 is 11.8 Å². The van der Waals surface area contributed by atoms with Crippen LogP contribution in [0.4, 0.5) is 4.39 Å². The standard InChI is InChI=1S/C18H21FN2O4S/c1-4-11(2)16(17(23)24-3)21-15(22)10-26-18-20-9-14(25-18)12-5-7-13(19)8-6-12/h5-9,11,16H,4,10H2,1-3H3,(H,21,22). The van der Waals surface area contributed by atoms with Gasteiger partial charge in [-0.05, 0) is 30.2 Å². The van der Waals surface area contributed by atoms with Gasteiger partial charge in [-0.25, -0.2) is 14.2 Å². The molecular formula is C18H21FN2O4S. The number of hydrogen-bond acceptors (Lipinski definition) is 6.